The third-order valence-corrected chi connectivity index (χ3v) is 6.95. The van der Waals surface area contributed by atoms with Crippen molar-refractivity contribution in [3.05, 3.63) is 0 Å². The molecule has 10 unspecified atom stereocenters. The van der Waals surface area contributed by atoms with Crippen LogP contribution in [0.3, 0.4) is 0 Å². The van der Waals surface area contributed by atoms with Crippen LogP contribution in [0.15, 0.2) is 0 Å². The van der Waals surface area contributed by atoms with Crippen molar-refractivity contribution in [3.8, 4) is 0 Å². The minimum atomic E-state index is -1.49. The second-order valence-electron chi connectivity index (χ2n) is 5.76. The van der Waals surface area contributed by atoms with Gasteiger partial charge in [0.1, 0.15) is 0 Å². The summed E-state index contributed by atoms with van der Waals surface area (Å²) >= 11 is -0.748. The summed E-state index contributed by atoms with van der Waals surface area (Å²) in [4.78, 5) is 0. The Morgan fingerprint density at radius 3 is 1.57 bits per heavy atom. The molecule has 2 aliphatic heterocycles. The van der Waals surface area contributed by atoms with Crippen LogP contribution in [0.1, 0.15) is 13.3 Å². The Labute approximate surface area is 139 Å². The normalized spacial score (nSPS) is 51.7. The number of ether oxygens (including phenoxy) is 2. The molecule has 2 saturated heterocycles. The van der Waals surface area contributed by atoms with Gasteiger partial charge in [-0.05, 0) is 0 Å². The summed E-state index contributed by atoms with van der Waals surface area (Å²) in [7, 11) is 0. The van der Waals surface area contributed by atoms with Crippen molar-refractivity contribution in [2.45, 2.75) is 72.2 Å². The van der Waals surface area contributed by atoms with Crippen LogP contribution in [0.4, 0.5) is 0 Å². The standard InChI is InChI=1S/C13H24O9Se/c1-2-4-6(15)8(17)10(19)12(21-4)23-13-11(20)9(18)7(16)5(3-14)22-13/h4-20H,2-3H2,1H3. The van der Waals surface area contributed by atoms with Crippen molar-refractivity contribution < 1.29 is 45.2 Å². The Bertz CT molecular complexity index is 348. The van der Waals surface area contributed by atoms with Crippen molar-refractivity contribution >= 4 is 15.0 Å². The predicted octanol–water partition coefficient (Wildman–Crippen LogP) is -4.29. The molecule has 0 saturated carbocycles. The monoisotopic (exact) mass is 404 g/mol. The van der Waals surface area contributed by atoms with Crippen LogP contribution in [0.25, 0.3) is 0 Å². The molecule has 2 heterocycles. The SMILES string of the molecule is CCC1OC([Se]C2OC(CO)C(O)C(O)C2O)C(O)C(O)C1O. The molecular weight excluding hydrogens is 379 g/mol. The molecule has 23 heavy (non-hydrogen) atoms. The number of aliphatic hydroxyl groups is 7. The second kappa shape index (κ2) is 8.03. The summed E-state index contributed by atoms with van der Waals surface area (Å²) in [5, 5.41) is 66.7. The second-order valence-corrected chi connectivity index (χ2v) is 8.28. The van der Waals surface area contributed by atoms with Crippen LogP contribution in [0.5, 0.6) is 0 Å². The first kappa shape index (κ1) is 19.5. The Morgan fingerprint density at radius 2 is 1.13 bits per heavy atom. The molecule has 10 atom stereocenters. The van der Waals surface area contributed by atoms with Crippen LogP contribution < -0.4 is 0 Å². The fourth-order valence-electron chi connectivity index (χ4n) is 2.68. The molecule has 0 bridgehead atoms. The minimum absolute atomic E-state index is 0.423. The fraction of sp³-hybridized carbons (Fsp3) is 1.00. The molecule has 0 spiro atoms. The fourth-order valence-corrected chi connectivity index (χ4v) is 5.45. The van der Waals surface area contributed by atoms with Gasteiger partial charge < -0.3 is 0 Å². The molecule has 0 radical (unpaired) electrons. The Kier molecular flexibility index (Phi) is 6.80. The summed E-state index contributed by atoms with van der Waals surface area (Å²) < 4.78 is 11.0. The van der Waals surface area contributed by atoms with E-state index in [-0.39, 0.29) is 0 Å². The summed E-state index contributed by atoms with van der Waals surface area (Å²) in [6, 6.07) is 0. The molecule has 0 amide bonds. The van der Waals surface area contributed by atoms with E-state index in [4.69, 9.17) is 9.47 Å². The van der Waals surface area contributed by atoms with E-state index in [1.54, 1.807) is 6.92 Å². The van der Waals surface area contributed by atoms with E-state index in [1.807, 2.05) is 0 Å². The van der Waals surface area contributed by atoms with Crippen molar-refractivity contribution in [3.63, 3.8) is 0 Å². The van der Waals surface area contributed by atoms with Gasteiger partial charge in [0.15, 0.2) is 0 Å². The molecule has 0 aliphatic carbocycles. The van der Waals surface area contributed by atoms with E-state index in [1.165, 1.54) is 0 Å². The van der Waals surface area contributed by atoms with Gasteiger partial charge in [0, 0.05) is 0 Å². The maximum absolute atomic E-state index is 10.1. The van der Waals surface area contributed by atoms with Gasteiger partial charge in [-0.3, -0.25) is 0 Å². The molecule has 9 nitrogen and oxygen atoms in total. The van der Waals surface area contributed by atoms with E-state index in [0.29, 0.717) is 6.42 Å². The number of hydrogen-bond acceptors (Lipinski definition) is 9. The van der Waals surface area contributed by atoms with E-state index in [9.17, 15) is 35.7 Å². The van der Waals surface area contributed by atoms with Gasteiger partial charge in [-0.15, -0.1) is 0 Å². The first-order chi connectivity index (χ1) is 10.8. The van der Waals surface area contributed by atoms with Crippen LogP contribution in [-0.4, -0.2) is 116 Å². The maximum atomic E-state index is 10.1. The Balaban J connectivity index is 2.07. The first-order valence-electron chi connectivity index (χ1n) is 7.47. The molecule has 0 aromatic heterocycles. The average Bonchev–Trinajstić information content (AvgIpc) is 2.55. The summed E-state index contributed by atoms with van der Waals surface area (Å²) in [6.07, 6.45) is -9.58. The molecule has 2 rings (SSSR count). The topological polar surface area (TPSA) is 160 Å². The van der Waals surface area contributed by atoms with Gasteiger partial charge in [-0.25, -0.2) is 0 Å². The number of hydrogen-bond donors (Lipinski definition) is 7. The van der Waals surface area contributed by atoms with Gasteiger partial charge in [0.2, 0.25) is 0 Å². The van der Waals surface area contributed by atoms with E-state index >= 15 is 0 Å². The van der Waals surface area contributed by atoms with Crippen LogP contribution in [0, 0.1) is 0 Å². The van der Waals surface area contributed by atoms with Gasteiger partial charge in [0.05, 0.1) is 0 Å². The molecule has 2 aliphatic rings. The average molecular weight is 403 g/mol. The quantitative estimate of drug-likeness (QED) is 0.231. The zero-order valence-electron chi connectivity index (χ0n) is 12.5. The van der Waals surface area contributed by atoms with Gasteiger partial charge in [0.25, 0.3) is 0 Å². The zero-order chi connectivity index (χ0) is 17.3. The number of rotatable bonds is 4. The van der Waals surface area contributed by atoms with E-state index in [0.717, 1.165) is 0 Å². The molecular formula is C13H24O9Se. The molecule has 2 fully saturated rings. The van der Waals surface area contributed by atoms with Crippen molar-refractivity contribution in [2.24, 2.45) is 0 Å². The van der Waals surface area contributed by atoms with Crippen LogP contribution >= 0.6 is 0 Å². The van der Waals surface area contributed by atoms with Crippen molar-refractivity contribution in [1.29, 1.82) is 0 Å². The molecule has 10 heteroatoms. The zero-order valence-corrected chi connectivity index (χ0v) is 14.3. The van der Waals surface area contributed by atoms with E-state index in [2.05, 4.69) is 0 Å². The molecule has 7 N–H and O–H groups in total. The van der Waals surface area contributed by atoms with E-state index < -0.39 is 80.4 Å². The van der Waals surface area contributed by atoms with Crippen LogP contribution in [0.2, 0.25) is 0 Å². The number of aliphatic hydroxyl groups excluding tert-OH is 7. The molecule has 0 aromatic rings. The summed E-state index contributed by atoms with van der Waals surface area (Å²) in [5.41, 5.74) is 0. The van der Waals surface area contributed by atoms with Gasteiger partial charge in [-0.2, -0.15) is 0 Å². The molecule has 0 aromatic carbocycles. The van der Waals surface area contributed by atoms with Crippen LogP contribution in [-0.2, 0) is 9.47 Å². The van der Waals surface area contributed by atoms with Gasteiger partial charge in [-0.1, -0.05) is 0 Å². The first-order valence-corrected chi connectivity index (χ1v) is 9.45. The summed E-state index contributed by atoms with van der Waals surface area (Å²) in [6.45, 7) is 1.22. The van der Waals surface area contributed by atoms with Gasteiger partial charge >= 0.3 is 139 Å². The predicted molar refractivity (Wildman–Crippen MR) is 76.5 cm³/mol. The Morgan fingerprint density at radius 1 is 0.696 bits per heavy atom. The summed E-state index contributed by atoms with van der Waals surface area (Å²) in [5.74, 6) is 0. The van der Waals surface area contributed by atoms with Crippen molar-refractivity contribution in [1.82, 2.24) is 0 Å². The Hall–Kier alpha value is 0.159. The molecule has 136 valence electrons. The van der Waals surface area contributed by atoms with Crippen molar-refractivity contribution in [2.75, 3.05) is 6.61 Å². The third kappa shape index (κ3) is 3.88. The third-order valence-electron chi connectivity index (χ3n) is 4.19.